The fraction of sp³-hybridized carbons (Fsp3) is 0.438. The van der Waals surface area contributed by atoms with Gasteiger partial charge in [-0.15, -0.1) is 0 Å². The average molecular weight is 285 g/mol. The van der Waals surface area contributed by atoms with Crippen LogP contribution in [-0.2, 0) is 0 Å². The van der Waals surface area contributed by atoms with Crippen molar-refractivity contribution < 1.29 is 0 Å². The maximum atomic E-state index is 4.52. The Hall–Kier alpha value is -2.17. The first-order valence-corrected chi connectivity index (χ1v) is 7.37. The third-order valence-electron chi connectivity index (χ3n) is 3.34. The van der Waals surface area contributed by atoms with Crippen LogP contribution in [0.2, 0.25) is 0 Å². The van der Waals surface area contributed by atoms with E-state index < -0.39 is 0 Å². The van der Waals surface area contributed by atoms with Gasteiger partial charge in [0.05, 0.1) is 6.04 Å². The number of nitrogens with one attached hydrogen (secondary N) is 2. The molecule has 5 heteroatoms. The Kier molecular flexibility index (Phi) is 5.09. The fourth-order valence-corrected chi connectivity index (χ4v) is 2.11. The SMILES string of the molecule is CCCNc1nc(C)nc(NC(C)c2cccnc2)c1C. The Balaban J connectivity index is 2.21. The predicted octanol–water partition coefficient (Wildman–Crippen LogP) is 3.48. The predicted molar refractivity (Wildman–Crippen MR) is 86.6 cm³/mol. The van der Waals surface area contributed by atoms with E-state index >= 15 is 0 Å². The molecule has 0 aliphatic heterocycles. The van der Waals surface area contributed by atoms with Gasteiger partial charge in [-0.3, -0.25) is 4.98 Å². The lowest BCUT2D eigenvalue weighted by molar-refractivity contribution is 0.854. The first-order chi connectivity index (χ1) is 10.1. The lowest BCUT2D eigenvalue weighted by atomic mass is 10.1. The van der Waals surface area contributed by atoms with Crippen LogP contribution in [0.15, 0.2) is 24.5 Å². The van der Waals surface area contributed by atoms with Crippen LogP contribution in [0.4, 0.5) is 11.6 Å². The summed E-state index contributed by atoms with van der Waals surface area (Å²) in [7, 11) is 0. The summed E-state index contributed by atoms with van der Waals surface area (Å²) in [5, 5.41) is 6.81. The molecule has 0 saturated heterocycles. The summed E-state index contributed by atoms with van der Waals surface area (Å²) in [6.45, 7) is 9.11. The topological polar surface area (TPSA) is 62.7 Å². The van der Waals surface area contributed by atoms with Gasteiger partial charge in [0.25, 0.3) is 0 Å². The van der Waals surface area contributed by atoms with Gasteiger partial charge in [0, 0.05) is 24.5 Å². The molecule has 2 rings (SSSR count). The molecule has 0 aliphatic carbocycles. The Labute approximate surface area is 126 Å². The maximum Gasteiger partial charge on any atom is 0.135 e. The molecule has 0 amide bonds. The Morgan fingerprint density at radius 1 is 1.19 bits per heavy atom. The molecule has 0 aromatic carbocycles. The zero-order valence-electron chi connectivity index (χ0n) is 13.1. The molecule has 2 N–H and O–H groups in total. The summed E-state index contributed by atoms with van der Waals surface area (Å²) in [6, 6.07) is 4.15. The number of nitrogens with zero attached hydrogens (tertiary/aromatic N) is 3. The van der Waals surface area contributed by atoms with Crippen LogP contribution in [-0.4, -0.2) is 21.5 Å². The zero-order chi connectivity index (χ0) is 15.2. The Morgan fingerprint density at radius 3 is 2.62 bits per heavy atom. The molecule has 2 aromatic heterocycles. The molecule has 21 heavy (non-hydrogen) atoms. The van der Waals surface area contributed by atoms with Crippen LogP contribution in [0.25, 0.3) is 0 Å². The molecule has 2 heterocycles. The molecule has 0 aliphatic rings. The van der Waals surface area contributed by atoms with Crippen molar-refractivity contribution >= 4 is 11.6 Å². The smallest absolute Gasteiger partial charge is 0.135 e. The standard InChI is InChI=1S/C16H23N5/c1-5-8-18-15-11(2)16(21-13(4)20-15)19-12(3)14-7-6-9-17-10-14/h6-7,9-10,12H,5,8H2,1-4H3,(H2,18,19,20,21). The zero-order valence-corrected chi connectivity index (χ0v) is 13.1. The normalized spacial score (nSPS) is 12.0. The number of hydrogen-bond acceptors (Lipinski definition) is 5. The van der Waals surface area contributed by atoms with Crippen LogP contribution >= 0.6 is 0 Å². The van der Waals surface area contributed by atoms with Crippen LogP contribution in [0.1, 0.15) is 43.3 Å². The number of aryl methyl sites for hydroxylation is 1. The van der Waals surface area contributed by atoms with E-state index in [0.29, 0.717) is 0 Å². The summed E-state index contributed by atoms with van der Waals surface area (Å²) >= 11 is 0. The lowest BCUT2D eigenvalue weighted by Gasteiger charge is -2.18. The molecule has 112 valence electrons. The molecule has 5 nitrogen and oxygen atoms in total. The van der Waals surface area contributed by atoms with E-state index in [0.717, 1.165) is 41.6 Å². The van der Waals surface area contributed by atoms with Crippen molar-refractivity contribution in [1.82, 2.24) is 15.0 Å². The molecule has 1 atom stereocenters. The van der Waals surface area contributed by atoms with Crippen LogP contribution in [0.3, 0.4) is 0 Å². The van der Waals surface area contributed by atoms with Crippen LogP contribution in [0, 0.1) is 13.8 Å². The highest BCUT2D eigenvalue weighted by atomic mass is 15.1. The summed E-state index contributed by atoms with van der Waals surface area (Å²) in [6.07, 6.45) is 4.72. The minimum atomic E-state index is 0.144. The second-order valence-electron chi connectivity index (χ2n) is 5.17. The quantitative estimate of drug-likeness (QED) is 0.850. The van der Waals surface area contributed by atoms with Gasteiger partial charge in [-0.05, 0) is 38.8 Å². The fourth-order valence-electron chi connectivity index (χ4n) is 2.11. The summed E-state index contributed by atoms with van der Waals surface area (Å²) in [5.74, 6) is 2.54. The van der Waals surface area contributed by atoms with Gasteiger partial charge in [0.1, 0.15) is 17.5 Å². The van der Waals surface area contributed by atoms with E-state index in [1.54, 1.807) is 6.20 Å². The molecule has 0 spiro atoms. The second-order valence-corrected chi connectivity index (χ2v) is 5.17. The molecular formula is C16H23N5. The van der Waals surface area contributed by atoms with E-state index in [9.17, 15) is 0 Å². The summed E-state index contributed by atoms with van der Waals surface area (Å²) in [4.78, 5) is 13.2. The second kappa shape index (κ2) is 7.02. The largest absolute Gasteiger partial charge is 0.370 e. The molecule has 1 unspecified atom stereocenters. The Morgan fingerprint density at radius 2 is 1.95 bits per heavy atom. The van der Waals surface area contributed by atoms with Crippen molar-refractivity contribution in [2.45, 2.75) is 40.2 Å². The first kappa shape index (κ1) is 15.2. The Bertz CT molecular complexity index is 583. The average Bonchev–Trinajstić information content (AvgIpc) is 2.50. The van der Waals surface area contributed by atoms with Gasteiger partial charge in [0.2, 0.25) is 0 Å². The van der Waals surface area contributed by atoms with Crippen molar-refractivity contribution in [1.29, 1.82) is 0 Å². The third-order valence-corrected chi connectivity index (χ3v) is 3.34. The van der Waals surface area contributed by atoms with Gasteiger partial charge in [-0.25, -0.2) is 9.97 Å². The van der Waals surface area contributed by atoms with Crippen LogP contribution < -0.4 is 10.6 Å². The molecule has 0 fully saturated rings. The van der Waals surface area contributed by atoms with Gasteiger partial charge in [0.15, 0.2) is 0 Å². The highest BCUT2D eigenvalue weighted by Crippen LogP contribution is 2.24. The van der Waals surface area contributed by atoms with Crippen molar-refractivity contribution in [3.8, 4) is 0 Å². The van der Waals surface area contributed by atoms with Gasteiger partial charge < -0.3 is 10.6 Å². The van der Waals surface area contributed by atoms with Crippen molar-refractivity contribution in [3.63, 3.8) is 0 Å². The molecule has 0 bridgehead atoms. The molecule has 2 aromatic rings. The van der Waals surface area contributed by atoms with Crippen molar-refractivity contribution in [2.75, 3.05) is 17.2 Å². The van der Waals surface area contributed by atoms with E-state index in [1.807, 2.05) is 26.1 Å². The highest BCUT2D eigenvalue weighted by Gasteiger charge is 2.12. The van der Waals surface area contributed by atoms with Crippen molar-refractivity contribution in [2.24, 2.45) is 0 Å². The van der Waals surface area contributed by atoms with Gasteiger partial charge in [-0.1, -0.05) is 13.0 Å². The van der Waals surface area contributed by atoms with E-state index in [1.165, 1.54) is 0 Å². The van der Waals surface area contributed by atoms with Gasteiger partial charge in [-0.2, -0.15) is 0 Å². The highest BCUT2D eigenvalue weighted by molar-refractivity contribution is 5.57. The van der Waals surface area contributed by atoms with E-state index in [2.05, 4.69) is 45.5 Å². The minimum absolute atomic E-state index is 0.144. The van der Waals surface area contributed by atoms with E-state index in [-0.39, 0.29) is 6.04 Å². The maximum absolute atomic E-state index is 4.52. The third kappa shape index (κ3) is 3.90. The monoisotopic (exact) mass is 285 g/mol. The number of anilines is 2. The number of rotatable bonds is 6. The van der Waals surface area contributed by atoms with Gasteiger partial charge >= 0.3 is 0 Å². The minimum Gasteiger partial charge on any atom is -0.370 e. The number of pyridine rings is 1. The lowest BCUT2D eigenvalue weighted by Crippen LogP contribution is -2.13. The van der Waals surface area contributed by atoms with Crippen LogP contribution in [0.5, 0.6) is 0 Å². The molecule has 0 saturated carbocycles. The van der Waals surface area contributed by atoms with E-state index in [4.69, 9.17) is 0 Å². The summed E-state index contributed by atoms with van der Waals surface area (Å²) in [5.41, 5.74) is 2.18. The van der Waals surface area contributed by atoms with Crippen molar-refractivity contribution in [3.05, 3.63) is 41.5 Å². The first-order valence-electron chi connectivity index (χ1n) is 7.37. The number of aromatic nitrogens is 3. The number of hydrogen-bond donors (Lipinski definition) is 2. The molecular weight excluding hydrogens is 262 g/mol. The molecule has 0 radical (unpaired) electrons. The summed E-state index contributed by atoms with van der Waals surface area (Å²) < 4.78 is 0.